The largest absolute Gasteiger partial charge is 0.435 e. The lowest BCUT2D eigenvalue weighted by atomic mass is 9.87. The van der Waals surface area contributed by atoms with Crippen LogP contribution in [0.4, 0.5) is 8.78 Å². The summed E-state index contributed by atoms with van der Waals surface area (Å²) in [6, 6.07) is 16.6. The summed E-state index contributed by atoms with van der Waals surface area (Å²) in [5, 5.41) is 9.77. The van der Waals surface area contributed by atoms with Crippen molar-refractivity contribution in [1.29, 1.82) is 5.26 Å². The minimum absolute atomic E-state index is 0.00147. The van der Waals surface area contributed by atoms with Gasteiger partial charge in [-0.1, -0.05) is 51.1 Å². The van der Waals surface area contributed by atoms with Crippen molar-refractivity contribution in [3.8, 4) is 17.5 Å². The molecular formula is C24H20F2N2O3S. The molecule has 0 unspecified atom stereocenters. The summed E-state index contributed by atoms with van der Waals surface area (Å²) in [4.78, 5) is 26.2. The van der Waals surface area contributed by atoms with E-state index in [0.29, 0.717) is 15.8 Å². The second-order valence-electron chi connectivity index (χ2n) is 7.91. The number of carbonyl (C=O) groups is 1. The van der Waals surface area contributed by atoms with E-state index >= 15 is 0 Å². The highest BCUT2D eigenvalue weighted by Gasteiger charge is 2.27. The maximum atomic E-state index is 13.3. The molecule has 5 nitrogen and oxygen atoms in total. The second kappa shape index (κ2) is 9.28. The lowest BCUT2D eigenvalue weighted by molar-refractivity contribution is -0.120. The van der Waals surface area contributed by atoms with Gasteiger partial charge in [0, 0.05) is 5.41 Å². The van der Waals surface area contributed by atoms with E-state index in [1.165, 1.54) is 16.7 Å². The van der Waals surface area contributed by atoms with E-state index in [0.717, 1.165) is 11.3 Å². The summed E-state index contributed by atoms with van der Waals surface area (Å²) >= 11 is 1.03. The average Bonchev–Trinajstić information content (AvgIpc) is 3.05. The highest BCUT2D eigenvalue weighted by atomic mass is 32.1. The van der Waals surface area contributed by atoms with Crippen LogP contribution in [-0.4, -0.2) is 17.0 Å². The number of hydrogen-bond acceptors (Lipinski definition) is 5. The number of thiazole rings is 1. The SMILES string of the molecule is CC(C)(C)C(=O)/C(C#N)=c1/s/c(=C\c2ccc(OC(F)F)cc2)c(=O)n1-c1ccccc1. The van der Waals surface area contributed by atoms with Gasteiger partial charge in [0.05, 0.1) is 10.2 Å². The molecule has 0 saturated carbocycles. The first-order chi connectivity index (χ1) is 15.1. The predicted octanol–water partition coefficient (Wildman–Crippen LogP) is 3.62. The first kappa shape index (κ1) is 23.1. The molecule has 0 saturated heterocycles. The summed E-state index contributed by atoms with van der Waals surface area (Å²) in [6.45, 7) is 2.20. The molecule has 3 rings (SSSR count). The second-order valence-corrected chi connectivity index (χ2v) is 8.94. The molecule has 0 aliphatic rings. The molecular weight excluding hydrogens is 434 g/mol. The van der Waals surface area contributed by atoms with Crippen LogP contribution in [-0.2, 0) is 4.79 Å². The fourth-order valence-corrected chi connectivity index (χ4v) is 4.03. The normalized spacial score (nSPS) is 13.1. The molecule has 32 heavy (non-hydrogen) atoms. The van der Waals surface area contributed by atoms with Gasteiger partial charge < -0.3 is 4.74 Å². The van der Waals surface area contributed by atoms with E-state index in [4.69, 9.17) is 0 Å². The first-order valence-corrected chi connectivity index (χ1v) is 10.5. The van der Waals surface area contributed by atoms with E-state index in [2.05, 4.69) is 4.74 Å². The van der Waals surface area contributed by atoms with Crippen LogP contribution in [0.2, 0.25) is 0 Å². The van der Waals surface area contributed by atoms with Crippen LogP contribution in [0.25, 0.3) is 17.3 Å². The van der Waals surface area contributed by atoms with Crippen LogP contribution in [0.3, 0.4) is 0 Å². The number of alkyl halides is 2. The number of hydrogen-bond donors (Lipinski definition) is 0. The molecule has 8 heteroatoms. The molecule has 0 atom stereocenters. The Labute approximate surface area is 187 Å². The smallest absolute Gasteiger partial charge is 0.387 e. The van der Waals surface area contributed by atoms with Gasteiger partial charge in [-0.15, -0.1) is 11.3 Å². The van der Waals surface area contributed by atoms with Crippen molar-refractivity contribution < 1.29 is 18.3 Å². The van der Waals surface area contributed by atoms with Crippen molar-refractivity contribution in [1.82, 2.24) is 4.57 Å². The van der Waals surface area contributed by atoms with Crippen LogP contribution in [0.1, 0.15) is 26.3 Å². The fraction of sp³-hybridized carbons (Fsp3) is 0.208. The van der Waals surface area contributed by atoms with Gasteiger partial charge in [-0.05, 0) is 35.9 Å². The lowest BCUT2D eigenvalue weighted by Gasteiger charge is -2.15. The van der Waals surface area contributed by atoms with Gasteiger partial charge in [0.2, 0.25) is 0 Å². The van der Waals surface area contributed by atoms with E-state index < -0.39 is 17.6 Å². The van der Waals surface area contributed by atoms with Gasteiger partial charge in [0.25, 0.3) is 5.56 Å². The molecule has 0 amide bonds. The number of para-hydroxylation sites is 1. The number of nitrogens with zero attached hydrogens (tertiary/aromatic N) is 2. The number of aromatic nitrogens is 1. The Balaban J connectivity index is 2.28. The van der Waals surface area contributed by atoms with Gasteiger partial charge in [-0.3, -0.25) is 14.2 Å². The Morgan fingerprint density at radius 2 is 1.75 bits per heavy atom. The maximum Gasteiger partial charge on any atom is 0.387 e. The summed E-state index contributed by atoms with van der Waals surface area (Å²) in [7, 11) is 0. The van der Waals surface area contributed by atoms with E-state index in [-0.39, 0.29) is 21.8 Å². The first-order valence-electron chi connectivity index (χ1n) is 9.65. The van der Waals surface area contributed by atoms with E-state index in [1.54, 1.807) is 69.3 Å². The minimum Gasteiger partial charge on any atom is -0.435 e. The lowest BCUT2D eigenvalue weighted by Crippen LogP contribution is -2.33. The predicted molar refractivity (Wildman–Crippen MR) is 119 cm³/mol. The van der Waals surface area contributed by atoms with E-state index in [9.17, 15) is 23.6 Å². The number of ketones is 1. The number of rotatable bonds is 5. The molecule has 0 aliphatic heterocycles. The molecule has 0 spiro atoms. The molecule has 3 aromatic rings. The van der Waals surface area contributed by atoms with E-state index in [1.807, 2.05) is 6.07 Å². The molecule has 0 aliphatic carbocycles. The zero-order valence-corrected chi connectivity index (χ0v) is 18.5. The summed E-state index contributed by atoms with van der Waals surface area (Å²) in [5.41, 5.74) is -0.185. The molecule has 0 fully saturated rings. The van der Waals surface area contributed by atoms with Crippen molar-refractivity contribution in [2.75, 3.05) is 0 Å². The highest BCUT2D eigenvalue weighted by Crippen LogP contribution is 2.20. The quantitative estimate of drug-likeness (QED) is 0.590. The topological polar surface area (TPSA) is 72.1 Å². The van der Waals surface area contributed by atoms with Crippen molar-refractivity contribution >= 4 is 28.8 Å². The summed E-state index contributed by atoms with van der Waals surface area (Å²) in [6.07, 6.45) is 1.58. The molecule has 2 aromatic carbocycles. The van der Waals surface area contributed by atoms with Crippen molar-refractivity contribution in [3.63, 3.8) is 0 Å². The van der Waals surface area contributed by atoms with Crippen LogP contribution in [0.5, 0.6) is 5.75 Å². The van der Waals surface area contributed by atoms with Gasteiger partial charge in [0.15, 0.2) is 5.78 Å². The van der Waals surface area contributed by atoms with Gasteiger partial charge in [-0.25, -0.2) is 0 Å². The molecule has 0 N–H and O–H groups in total. The van der Waals surface area contributed by atoms with Crippen LogP contribution in [0, 0.1) is 16.7 Å². The van der Waals surface area contributed by atoms with Crippen molar-refractivity contribution in [2.24, 2.45) is 5.41 Å². The molecule has 1 heterocycles. The Morgan fingerprint density at radius 1 is 1.12 bits per heavy atom. The van der Waals surface area contributed by atoms with Crippen LogP contribution in [0.15, 0.2) is 59.4 Å². The van der Waals surface area contributed by atoms with Gasteiger partial charge in [-0.2, -0.15) is 14.0 Å². The Hall–Kier alpha value is -3.57. The maximum absolute atomic E-state index is 13.3. The van der Waals surface area contributed by atoms with Crippen molar-refractivity contribution in [3.05, 3.63) is 79.7 Å². The number of ether oxygens (including phenoxy) is 1. The third-order valence-corrected chi connectivity index (χ3v) is 5.57. The number of nitriles is 1. The van der Waals surface area contributed by atoms with Crippen molar-refractivity contribution in [2.45, 2.75) is 27.4 Å². The molecule has 1 aromatic heterocycles. The van der Waals surface area contributed by atoms with Gasteiger partial charge >= 0.3 is 6.61 Å². The zero-order valence-electron chi connectivity index (χ0n) is 17.6. The number of carbonyl (C=O) groups excluding carboxylic acids is 1. The Morgan fingerprint density at radius 3 is 2.28 bits per heavy atom. The van der Waals surface area contributed by atoms with Crippen LogP contribution >= 0.6 is 11.3 Å². The monoisotopic (exact) mass is 454 g/mol. The Kier molecular flexibility index (Phi) is 6.70. The number of benzene rings is 2. The fourth-order valence-electron chi connectivity index (χ4n) is 2.93. The minimum atomic E-state index is -2.93. The average molecular weight is 454 g/mol. The van der Waals surface area contributed by atoms with Crippen LogP contribution < -0.4 is 19.5 Å². The molecule has 0 radical (unpaired) electrons. The number of halogens is 2. The zero-order chi connectivity index (χ0) is 23.5. The Bertz CT molecular complexity index is 1340. The molecule has 164 valence electrons. The summed E-state index contributed by atoms with van der Waals surface area (Å²) in [5.74, 6) is -0.368. The third-order valence-electron chi connectivity index (χ3n) is 4.47. The standard InChI is InChI=1S/C24H20F2N2O3S/c1-24(2,3)20(29)18(14-27)22-28(16-7-5-4-6-8-16)21(30)19(32-22)13-15-9-11-17(12-10-15)31-23(25)26/h4-13,23H,1-3H3/b19-13-,22-18+. The number of Topliss-reactive ketones (excluding diaryl/α,β-unsaturated/α-hetero) is 1. The highest BCUT2D eigenvalue weighted by molar-refractivity contribution is 7.07. The summed E-state index contributed by atoms with van der Waals surface area (Å²) < 4.78 is 30.9. The molecule has 0 bridgehead atoms. The van der Waals surface area contributed by atoms with Gasteiger partial charge in [0.1, 0.15) is 22.1 Å². The third kappa shape index (κ3) is 5.01.